The molecule has 1 saturated heterocycles. The first-order valence-electron chi connectivity index (χ1n) is 6.51. The fourth-order valence-electron chi connectivity index (χ4n) is 2.47. The Kier molecular flexibility index (Phi) is 3.07. The third kappa shape index (κ3) is 2.38. The summed E-state index contributed by atoms with van der Waals surface area (Å²) in [7, 11) is 0. The number of amides is 1. The van der Waals surface area contributed by atoms with Crippen LogP contribution in [-0.2, 0) is 4.79 Å². The van der Waals surface area contributed by atoms with Crippen LogP contribution >= 0.6 is 0 Å². The highest BCUT2D eigenvalue weighted by atomic mass is 16.2. The largest absolute Gasteiger partial charge is 0.368 e. The van der Waals surface area contributed by atoms with Gasteiger partial charge in [-0.15, -0.1) is 0 Å². The number of rotatable bonds is 1. The maximum absolute atomic E-state index is 11.3. The zero-order chi connectivity index (χ0) is 13.2. The van der Waals surface area contributed by atoms with E-state index in [2.05, 4.69) is 34.1 Å². The summed E-state index contributed by atoms with van der Waals surface area (Å²) >= 11 is 0. The molecule has 1 aliphatic rings. The Morgan fingerprint density at radius 3 is 2.79 bits per heavy atom. The summed E-state index contributed by atoms with van der Waals surface area (Å²) in [4.78, 5) is 19.9. The quantitative estimate of drug-likeness (QED) is 0.777. The van der Waals surface area contributed by atoms with Gasteiger partial charge in [0.15, 0.2) is 0 Å². The van der Waals surface area contributed by atoms with Crippen molar-refractivity contribution in [1.29, 1.82) is 0 Å². The van der Waals surface area contributed by atoms with Gasteiger partial charge in [-0.05, 0) is 24.3 Å². The van der Waals surface area contributed by atoms with Gasteiger partial charge in [0.2, 0.25) is 5.91 Å². The summed E-state index contributed by atoms with van der Waals surface area (Å²) < 4.78 is 0. The van der Waals surface area contributed by atoms with E-state index in [4.69, 9.17) is 0 Å². The first-order valence-corrected chi connectivity index (χ1v) is 6.51. The van der Waals surface area contributed by atoms with Gasteiger partial charge in [0.1, 0.15) is 0 Å². The van der Waals surface area contributed by atoms with Crippen molar-refractivity contribution in [2.75, 3.05) is 31.1 Å². The van der Waals surface area contributed by atoms with Crippen LogP contribution in [0, 0.1) is 6.07 Å². The van der Waals surface area contributed by atoms with Crippen LogP contribution in [0.15, 0.2) is 30.5 Å². The van der Waals surface area contributed by atoms with Crippen molar-refractivity contribution in [3.05, 3.63) is 36.5 Å². The second-order valence-corrected chi connectivity index (χ2v) is 4.78. The minimum absolute atomic E-state index is 0.162. The first kappa shape index (κ1) is 12.0. The Hall–Kier alpha value is -2.10. The van der Waals surface area contributed by atoms with Crippen molar-refractivity contribution in [2.24, 2.45) is 0 Å². The Morgan fingerprint density at radius 2 is 2.05 bits per heavy atom. The zero-order valence-electron chi connectivity index (χ0n) is 11.0. The van der Waals surface area contributed by atoms with E-state index in [9.17, 15) is 4.79 Å². The molecule has 4 heteroatoms. The number of hydrogen-bond donors (Lipinski definition) is 0. The number of benzene rings is 1. The van der Waals surface area contributed by atoms with Gasteiger partial charge in [0.05, 0.1) is 5.52 Å². The van der Waals surface area contributed by atoms with Gasteiger partial charge in [0, 0.05) is 50.4 Å². The number of pyridine rings is 1. The molecule has 4 nitrogen and oxygen atoms in total. The number of carbonyl (C=O) groups is 1. The number of piperazine rings is 1. The van der Waals surface area contributed by atoms with Crippen molar-refractivity contribution in [1.82, 2.24) is 9.88 Å². The number of anilines is 1. The molecule has 1 radical (unpaired) electrons. The minimum Gasteiger partial charge on any atom is -0.368 e. The number of fused-ring (bicyclic) bond motifs is 1. The molecule has 1 amide bonds. The van der Waals surface area contributed by atoms with Crippen LogP contribution in [0.5, 0.6) is 0 Å². The number of carbonyl (C=O) groups excluding carboxylic acids is 1. The van der Waals surface area contributed by atoms with Crippen molar-refractivity contribution in [2.45, 2.75) is 6.92 Å². The lowest BCUT2D eigenvalue weighted by Gasteiger charge is -2.35. The third-order valence-corrected chi connectivity index (χ3v) is 3.60. The predicted octanol–water partition coefficient (Wildman–Crippen LogP) is 1.70. The topological polar surface area (TPSA) is 36.4 Å². The first-order chi connectivity index (χ1) is 9.24. The average Bonchev–Trinajstić information content (AvgIpc) is 2.47. The van der Waals surface area contributed by atoms with Crippen LogP contribution in [0.1, 0.15) is 6.92 Å². The fraction of sp³-hybridized carbons (Fsp3) is 0.333. The molecule has 97 valence electrons. The summed E-state index contributed by atoms with van der Waals surface area (Å²) in [5.74, 6) is 0.162. The van der Waals surface area contributed by atoms with Crippen molar-refractivity contribution in [3.8, 4) is 0 Å². The van der Waals surface area contributed by atoms with E-state index < -0.39 is 0 Å². The van der Waals surface area contributed by atoms with E-state index in [1.807, 2.05) is 11.0 Å². The smallest absolute Gasteiger partial charge is 0.219 e. The molecule has 0 N–H and O–H groups in total. The van der Waals surface area contributed by atoms with Crippen LogP contribution in [0.25, 0.3) is 10.9 Å². The standard InChI is InChI=1S/C15H16N3O/c1-12(19)17-7-9-18(10-8-17)14-5-4-13-3-2-6-16-15(13)11-14/h2,4-6,11H,7-10H2,1H3. The van der Waals surface area contributed by atoms with Crippen molar-refractivity contribution < 1.29 is 4.79 Å². The maximum atomic E-state index is 11.3. The lowest BCUT2D eigenvalue weighted by Crippen LogP contribution is -2.48. The Morgan fingerprint density at radius 1 is 1.26 bits per heavy atom. The monoisotopic (exact) mass is 254 g/mol. The van der Waals surface area contributed by atoms with E-state index >= 15 is 0 Å². The molecule has 1 fully saturated rings. The van der Waals surface area contributed by atoms with Crippen molar-refractivity contribution >= 4 is 22.5 Å². The molecule has 1 aromatic heterocycles. The molecule has 1 aliphatic heterocycles. The summed E-state index contributed by atoms with van der Waals surface area (Å²) in [5, 5.41) is 1.04. The van der Waals surface area contributed by atoms with Crippen LogP contribution in [0.3, 0.4) is 0 Å². The molecule has 3 rings (SSSR count). The molecule has 2 aromatic rings. The third-order valence-electron chi connectivity index (χ3n) is 3.60. The number of hydrogen-bond acceptors (Lipinski definition) is 3. The second-order valence-electron chi connectivity index (χ2n) is 4.78. The van der Waals surface area contributed by atoms with E-state index in [0.717, 1.165) is 37.1 Å². The summed E-state index contributed by atoms with van der Waals surface area (Å²) in [6, 6.07) is 11.2. The van der Waals surface area contributed by atoms with Crippen LogP contribution < -0.4 is 4.90 Å². The lowest BCUT2D eigenvalue weighted by molar-refractivity contribution is -0.129. The molecule has 1 aromatic carbocycles. The highest BCUT2D eigenvalue weighted by Gasteiger charge is 2.18. The predicted molar refractivity (Wildman–Crippen MR) is 75.0 cm³/mol. The summed E-state index contributed by atoms with van der Waals surface area (Å²) in [6.07, 6.45) is 1.76. The number of nitrogens with zero attached hydrogens (tertiary/aromatic N) is 3. The van der Waals surface area contributed by atoms with Crippen LogP contribution in [-0.4, -0.2) is 42.0 Å². The molecule has 0 spiro atoms. The minimum atomic E-state index is 0.162. The molecule has 0 saturated carbocycles. The molecular weight excluding hydrogens is 238 g/mol. The van der Waals surface area contributed by atoms with E-state index in [0.29, 0.717) is 0 Å². The highest BCUT2D eigenvalue weighted by molar-refractivity contribution is 5.81. The van der Waals surface area contributed by atoms with E-state index in [1.54, 1.807) is 13.1 Å². The SMILES string of the molecule is CC(=O)N1CCN(c2ccc3[c]ccnc3c2)CC1. The van der Waals surface area contributed by atoms with Crippen LogP contribution in [0.2, 0.25) is 0 Å². The zero-order valence-corrected chi connectivity index (χ0v) is 11.0. The van der Waals surface area contributed by atoms with Gasteiger partial charge in [-0.1, -0.05) is 6.07 Å². The van der Waals surface area contributed by atoms with Gasteiger partial charge < -0.3 is 9.80 Å². The normalized spacial score (nSPS) is 15.8. The van der Waals surface area contributed by atoms with Crippen molar-refractivity contribution in [3.63, 3.8) is 0 Å². The van der Waals surface area contributed by atoms with Crippen LogP contribution in [0.4, 0.5) is 5.69 Å². The molecule has 2 heterocycles. The van der Waals surface area contributed by atoms with Gasteiger partial charge in [-0.3, -0.25) is 9.78 Å². The lowest BCUT2D eigenvalue weighted by atomic mass is 10.1. The van der Waals surface area contributed by atoms with Gasteiger partial charge >= 0.3 is 0 Å². The molecule has 0 unspecified atom stereocenters. The molecule has 0 atom stereocenters. The Bertz CT molecular complexity index is 603. The Labute approximate surface area is 112 Å². The van der Waals surface area contributed by atoms with Gasteiger partial charge in [-0.25, -0.2) is 0 Å². The Balaban J connectivity index is 1.80. The highest BCUT2D eigenvalue weighted by Crippen LogP contribution is 2.21. The van der Waals surface area contributed by atoms with Gasteiger partial charge in [0.25, 0.3) is 0 Å². The summed E-state index contributed by atoms with van der Waals surface area (Å²) in [6.45, 7) is 4.97. The summed E-state index contributed by atoms with van der Waals surface area (Å²) in [5.41, 5.74) is 2.14. The maximum Gasteiger partial charge on any atom is 0.219 e. The second kappa shape index (κ2) is 4.88. The molecular formula is C15H16N3O. The fourth-order valence-corrected chi connectivity index (χ4v) is 2.47. The van der Waals surface area contributed by atoms with E-state index in [-0.39, 0.29) is 5.91 Å². The average molecular weight is 254 g/mol. The van der Waals surface area contributed by atoms with E-state index in [1.165, 1.54) is 5.69 Å². The molecule has 0 bridgehead atoms. The molecule has 19 heavy (non-hydrogen) atoms. The molecule has 0 aliphatic carbocycles. The number of aromatic nitrogens is 1. The van der Waals surface area contributed by atoms with Gasteiger partial charge in [-0.2, -0.15) is 0 Å².